The summed E-state index contributed by atoms with van der Waals surface area (Å²) in [4.78, 5) is 16.1. The second-order valence-corrected chi connectivity index (χ2v) is 5.95. The first-order valence-electron chi connectivity index (χ1n) is 6.65. The largest absolute Gasteiger partial charge is 0.383 e. The van der Waals surface area contributed by atoms with Crippen LogP contribution in [0.2, 0.25) is 5.02 Å². The van der Waals surface area contributed by atoms with Crippen molar-refractivity contribution < 1.29 is 4.79 Å². The molecule has 2 rings (SSSR count). The molecule has 21 heavy (non-hydrogen) atoms. The van der Waals surface area contributed by atoms with E-state index in [-0.39, 0.29) is 17.1 Å². The first kappa shape index (κ1) is 15.3. The minimum atomic E-state index is -0.220. The molecule has 3 N–H and O–H groups in total. The van der Waals surface area contributed by atoms with E-state index in [1.165, 1.54) is 0 Å². The Kier molecular flexibility index (Phi) is 4.48. The lowest BCUT2D eigenvalue weighted by molar-refractivity contribution is 0.0946. The second-order valence-electron chi connectivity index (χ2n) is 5.51. The Morgan fingerprint density at radius 1 is 1.29 bits per heavy atom. The summed E-state index contributed by atoms with van der Waals surface area (Å²) in [5.74, 6) is 0.0157. The molecule has 0 fully saturated rings. The maximum atomic E-state index is 12.1. The third kappa shape index (κ3) is 3.73. The maximum absolute atomic E-state index is 12.1. The Morgan fingerprint density at radius 3 is 2.57 bits per heavy atom. The SMILES string of the molecule is CC(C)(CNC(=O)c1cccnc1N)c1ccc(Cl)cc1. The number of nitrogens with one attached hydrogen (secondary N) is 1. The zero-order valence-electron chi connectivity index (χ0n) is 12.1. The van der Waals surface area contributed by atoms with Crippen molar-refractivity contribution >= 4 is 23.3 Å². The molecule has 0 saturated carbocycles. The number of anilines is 1. The fourth-order valence-electron chi connectivity index (χ4n) is 2.01. The Bertz CT molecular complexity index is 638. The van der Waals surface area contributed by atoms with Gasteiger partial charge in [-0.15, -0.1) is 0 Å². The fourth-order valence-corrected chi connectivity index (χ4v) is 2.14. The van der Waals surface area contributed by atoms with Crippen molar-refractivity contribution in [2.24, 2.45) is 0 Å². The Labute approximate surface area is 129 Å². The molecule has 0 bridgehead atoms. The summed E-state index contributed by atoms with van der Waals surface area (Å²) in [6.07, 6.45) is 1.56. The lowest BCUT2D eigenvalue weighted by atomic mass is 9.84. The van der Waals surface area contributed by atoms with Crippen LogP contribution in [-0.2, 0) is 5.41 Å². The van der Waals surface area contributed by atoms with E-state index in [4.69, 9.17) is 17.3 Å². The fraction of sp³-hybridized carbons (Fsp3) is 0.250. The summed E-state index contributed by atoms with van der Waals surface area (Å²) >= 11 is 5.90. The normalized spacial score (nSPS) is 11.2. The number of nitrogens with two attached hydrogens (primary N) is 1. The summed E-state index contributed by atoms with van der Waals surface area (Å²) < 4.78 is 0. The highest BCUT2D eigenvalue weighted by Gasteiger charge is 2.22. The number of carbonyl (C=O) groups excluding carboxylic acids is 1. The molecule has 0 unspecified atom stereocenters. The number of hydrogen-bond acceptors (Lipinski definition) is 3. The number of halogens is 1. The van der Waals surface area contributed by atoms with E-state index in [1.54, 1.807) is 18.3 Å². The lowest BCUT2D eigenvalue weighted by Crippen LogP contribution is -2.37. The first-order chi connectivity index (χ1) is 9.90. The number of hydrogen-bond donors (Lipinski definition) is 2. The number of nitrogen functional groups attached to an aromatic ring is 1. The Hall–Kier alpha value is -2.07. The van der Waals surface area contributed by atoms with Gasteiger partial charge in [-0.1, -0.05) is 37.6 Å². The minimum absolute atomic E-state index is 0.211. The van der Waals surface area contributed by atoms with Gasteiger partial charge >= 0.3 is 0 Å². The van der Waals surface area contributed by atoms with Crippen LogP contribution in [0.5, 0.6) is 0 Å². The number of aromatic nitrogens is 1. The standard InChI is InChI=1S/C16H18ClN3O/c1-16(2,11-5-7-12(17)8-6-11)10-20-15(21)13-4-3-9-19-14(13)18/h3-9H,10H2,1-2H3,(H2,18,19)(H,20,21). The van der Waals surface area contributed by atoms with Crippen molar-refractivity contribution in [3.05, 3.63) is 58.7 Å². The summed E-state index contributed by atoms with van der Waals surface area (Å²) in [6, 6.07) is 11.0. The molecule has 0 saturated heterocycles. The van der Waals surface area contributed by atoms with Gasteiger partial charge in [0.05, 0.1) is 5.56 Å². The molecular formula is C16H18ClN3O. The molecule has 1 heterocycles. The van der Waals surface area contributed by atoms with Gasteiger partial charge in [-0.25, -0.2) is 4.98 Å². The molecule has 0 aliphatic rings. The number of rotatable bonds is 4. The van der Waals surface area contributed by atoms with Crippen molar-refractivity contribution in [3.8, 4) is 0 Å². The number of benzene rings is 1. The van der Waals surface area contributed by atoms with Crippen LogP contribution in [-0.4, -0.2) is 17.4 Å². The molecule has 2 aromatic rings. The van der Waals surface area contributed by atoms with E-state index in [2.05, 4.69) is 24.1 Å². The highest BCUT2D eigenvalue weighted by Crippen LogP contribution is 2.24. The predicted octanol–water partition coefficient (Wildman–Crippen LogP) is 3.02. The van der Waals surface area contributed by atoms with Crippen molar-refractivity contribution in [1.29, 1.82) is 0 Å². The van der Waals surface area contributed by atoms with Crippen molar-refractivity contribution in [1.82, 2.24) is 10.3 Å². The van der Waals surface area contributed by atoms with Gasteiger partial charge in [0, 0.05) is 23.2 Å². The molecule has 1 aromatic carbocycles. The summed E-state index contributed by atoms with van der Waals surface area (Å²) in [6.45, 7) is 4.61. The van der Waals surface area contributed by atoms with Crippen LogP contribution in [0.4, 0.5) is 5.82 Å². The number of nitrogens with zero attached hydrogens (tertiary/aromatic N) is 1. The lowest BCUT2D eigenvalue weighted by Gasteiger charge is -2.25. The molecule has 0 aliphatic carbocycles. The maximum Gasteiger partial charge on any atom is 0.255 e. The molecule has 0 spiro atoms. The smallest absolute Gasteiger partial charge is 0.255 e. The van der Waals surface area contributed by atoms with E-state index in [1.807, 2.05) is 24.3 Å². The first-order valence-corrected chi connectivity index (χ1v) is 7.03. The second kappa shape index (κ2) is 6.14. The summed E-state index contributed by atoms with van der Waals surface area (Å²) in [7, 11) is 0. The van der Waals surface area contributed by atoms with Crippen molar-refractivity contribution in [3.63, 3.8) is 0 Å². The zero-order chi connectivity index (χ0) is 15.5. The van der Waals surface area contributed by atoms with Crippen LogP contribution in [0, 0.1) is 0 Å². The van der Waals surface area contributed by atoms with E-state index >= 15 is 0 Å². The molecule has 4 nitrogen and oxygen atoms in total. The van der Waals surface area contributed by atoms with E-state index in [0.29, 0.717) is 17.1 Å². The topological polar surface area (TPSA) is 68.0 Å². The number of amides is 1. The predicted molar refractivity (Wildman–Crippen MR) is 85.5 cm³/mol. The molecule has 0 radical (unpaired) electrons. The average Bonchev–Trinajstić information content (AvgIpc) is 2.46. The third-order valence-electron chi connectivity index (χ3n) is 3.40. The van der Waals surface area contributed by atoms with Gasteiger partial charge < -0.3 is 11.1 Å². The third-order valence-corrected chi connectivity index (χ3v) is 3.65. The van der Waals surface area contributed by atoms with Gasteiger partial charge in [0.2, 0.25) is 0 Å². The molecule has 110 valence electrons. The van der Waals surface area contributed by atoms with Gasteiger partial charge in [0.25, 0.3) is 5.91 Å². The van der Waals surface area contributed by atoms with Gasteiger partial charge in [-0.05, 0) is 29.8 Å². The van der Waals surface area contributed by atoms with Crippen molar-refractivity contribution in [2.45, 2.75) is 19.3 Å². The van der Waals surface area contributed by atoms with Crippen LogP contribution in [0.3, 0.4) is 0 Å². The number of carbonyl (C=O) groups is 1. The quantitative estimate of drug-likeness (QED) is 0.912. The molecule has 1 aromatic heterocycles. The summed E-state index contributed by atoms with van der Waals surface area (Å²) in [5.41, 5.74) is 6.99. The van der Waals surface area contributed by atoms with Gasteiger partial charge in [-0.2, -0.15) is 0 Å². The molecule has 5 heteroatoms. The van der Waals surface area contributed by atoms with Crippen molar-refractivity contribution in [2.75, 3.05) is 12.3 Å². The van der Waals surface area contributed by atoms with Crippen LogP contribution >= 0.6 is 11.6 Å². The Morgan fingerprint density at radius 2 is 1.95 bits per heavy atom. The summed E-state index contributed by atoms with van der Waals surface area (Å²) in [5, 5.41) is 3.60. The van der Waals surface area contributed by atoms with Gasteiger partial charge in [-0.3, -0.25) is 4.79 Å². The molecule has 1 amide bonds. The monoisotopic (exact) mass is 303 g/mol. The Balaban J connectivity index is 2.06. The molecule has 0 atom stereocenters. The van der Waals surface area contributed by atoms with Gasteiger partial charge in [0.1, 0.15) is 5.82 Å². The molecule has 0 aliphatic heterocycles. The van der Waals surface area contributed by atoms with E-state index in [9.17, 15) is 4.79 Å². The van der Waals surface area contributed by atoms with Crippen LogP contribution < -0.4 is 11.1 Å². The highest BCUT2D eigenvalue weighted by atomic mass is 35.5. The average molecular weight is 304 g/mol. The molecular weight excluding hydrogens is 286 g/mol. The van der Waals surface area contributed by atoms with E-state index in [0.717, 1.165) is 5.56 Å². The van der Waals surface area contributed by atoms with Gasteiger partial charge in [0.15, 0.2) is 0 Å². The van der Waals surface area contributed by atoms with Crippen LogP contribution in [0.1, 0.15) is 29.8 Å². The van der Waals surface area contributed by atoms with E-state index < -0.39 is 0 Å². The zero-order valence-corrected chi connectivity index (χ0v) is 12.8. The van der Waals surface area contributed by atoms with Crippen LogP contribution in [0.25, 0.3) is 0 Å². The number of pyridine rings is 1. The highest BCUT2D eigenvalue weighted by molar-refractivity contribution is 6.30. The minimum Gasteiger partial charge on any atom is -0.383 e. The van der Waals surface area contributed by atoms with Crippen LogP contribution in [0.15, 0.2) is 42.6 Å².